The minimum atomic E-state index is -0.0883. The predicted molar refractivity (Wildman–Crippen MR) is 159 cm³/mol. The highest BCUT2D eigenvalue weighted by molar-refractivity contribution is 6.30. The first kappa shape index (κ1) is 27.6. The molecule has 40 heavy (non-hydrogen) atoms. The molecule has 0 aliphatic carbocycles. The lowest BCUT2D eigenvalue weighted by Gasteiger charge is -2.32. The van der Waals surface area contributed by atoms with Gasteiger partial charge in [-0.2, -0.15) is 0 Å². The molecule has 0 unspecified atom stereocenters. The molecular weight excluding hydrogens is 526 g/mol. The molecule has 5 rings (SSSR count). The van der Waals surface area contributed by atoms with Gasteiger partial charge in [0.05, 0.1) is 5.39 Å². The number of nitrogens with one attached hydrogen (secondary N) is 4. The van der Waals surface area contributed by atoms with Gasteiger partial charge in [0.25, 0.3) is 5.91 Å². The SMILES string of the molecule is CC(=O)NCCNc1nc(-c2ccccc2)nc2[nH]c(C(=O)N3CCC(NCCc4ccc(Cl)cc4)CC3)cc12. The number of aromatic nitrogens is 3. The maximum absolute atomic E-state index is 13.5. The maximum Gasteiger partial charge on any atom is 0.270 e. The van der Waals surface area contributed by atoms with Crippen LogP contribution in [0.3, 0.4) is 0 Å². The number of anilines is 1. The standard InChI is InChI=1S/C30H34ClN7O2/c1-20(39)32-15-16-34-28-25-19-26(35-29(25)37-27(36-28)22-5-3-2-4-6-22)30(40)38-17-12-24(13-18-38)33-14-11-21-7-9-23(31)10-8-21/h2-10,19,24,33H,11-18H2,1H3,(H,32,39)(H2,34,35,36,37). The minimum absolute atomic E-state index is 0.0388. The average molecular weight is 560 g/mol. The van der Waals surface area contributed by atoms with Gasteiger partial charge >= 0.3 is 0 Å². The first-order valence-electron chi connectivity index (χ1n) is 13.7. The number of fused-ring (bicyclic) bond motifs is 1. The third-order valence-corrected chi connectivity index (χ3v) is 7.34. The van der Waals surface area contributed by atoms with Crippen LogP contribution in [0.1, 0.15) is 35.8 Å². The predicted octanol–water partition coefficient (Wildman–Crippen LogP) is 4.26. The number of aromatic amines is 1. The van der Waals surface area contributed by atoms with Crippen molar-refractivity contribution in [1.82, 2.24) is 30.5 Å². The summed E-state index contributed by atoms with van der Waals surface area (Å²) in [6, 6.07) is 19.9. The third-order valence-electron chi connectivity index (χ3n) is 7.08. The fourth-order valence-corrected chi connectivity index (χ4v) is 5.05. The summed E-state index contributed by atoms with van der Waals surface area (Å²) in [5.41, 5.74) is 3.22. The number of carbonyl (C=O) groups excluding carboxylic acids is 2. The summed E-state index contributed by atoms with van der Waals surface area (Å²) in [5, 5.41) is 11.2. The van der Waals surface area contributed by atoms with E-state index in [-0.39, 0.29) is 11.8 Å². The molecular formula is C30H34ClN7O2. The Morgan fingerprint density at radius 2 is 1.75 bits per heavy atom. The Balaban J connectivity index is 1.24. The van der Waals surface area contributed by atoms with Crippen LogP contribution in [-0.2, 0) is 11.2 Å². The molecule has 2 aromatic carbocycles. The smallest absolute Gasteiger partial charge is 0.270 e. The number of benzene rings is 2. The molecule has 2 amide bonds. The van der Waals surface area contributed by atoms with Crippen molar-refractivity contribution in [2.45, 2.75) is 32.2 Å². The van der Waals surface area contributed by atoms with Crippen molar-refractivity contribution in [3.05, 3.63) is 76.9 Å². The van der Waals surface area contributed by atoms with E-state index in [4.69, 9.17) is 21.6 Å². The van der Waals surface area contributed by atoms with Crippen LogP contribution >= 0.6 is 11.6 Å². The molecule has 1 saturated heterocycles. The zero-order valence-corrected chi connectivity index (χ0v) is 23.3. The van der Waals surface area contributed by atoms with Crippen LogP contribution in [0.5, 0.6) is 0 Å². The number of amides is 2. The second kappa shape index (κ2) is 12.9. The van der Waals surface area contributed by atoms with E-state index in [0.717, 1.165) is 41.8 Å². The number of likely N-dealkylation sites (tertiary alicyclic amines) is 1. The zero-order valence-electron chi connectivity index (χ0n) is 22.5. The summed E-state index contributed by atoms with van der Waals surface area (Å²) >= 11 is 5.98. The van der Waals surface area contributed by atoms with E-state index >= 15 is 0 Å². The lowest BCUT2D eigenvalue weighted by molar-refractivity contribution is -0.118. The largest absolute Gasteiger partial charge is 0.368 e. The van der Waals surface area contributed by atoms with Gasteiger partial charge < -0.3 is 25.8 Å². The molecule has 0 bridgehead atoms. The van der Waals surface area contributed by atoms with Crippen molar-refractivity contribution in [3.8, 4) is 11.4 Å². The first-order chi connectivity index (χ1) is 19.5. The average Bonchev–Trinajstić information content (AvgIpc) is 3.41. The van der Waals surface area contributed by atoms with E-state index in [2.05, 4.69) is 33.1 Å². The van der Waals surface area contributed by atoms with Crippen LogP contribution in [0.2, 0.25) is 5.02 Å². The van der Waals surface area contributed by atoms with Crippen LogP contribution in [0.15, 0.2) is 60.7 Å². The van der Waals surface area contributed by atoms with Crippen LogP contribution in [-0.4, -0.2) is 70.4 Å². The Hall–Kier alpha value is -3.95. The highest BCUT2D eigenvalue weighted by Gasteiger charge is 2.25. The number of hydrogen-bond donors (Lipinski definition) is 4. The molecule has 1 fully saturated rings. The van der Waals surface area contributed by atoms with E-state index < -0.39 is 0 Å². The second-order valence-corrected chi connectivity index (χ2v) is 10.5. The second-order valence-electron chi connectivity index (χ2n) is 10.0. The van der Waals surface area contributed by atoms with Crippen molar-refractivity contribution >= 4 is 40.3 Å². The lowest BCUT2D eigenvalue weighted by atomic mass is 10.0. The summed E-state index contributed by atoms with van der Waals surface area (Å²) in [6.45, 7) is 4.71. The molecule has 1 aliphatic heterocycles. The molecule has 1 aliphatic rings. The van der Waals surface area contributed by atoms with E-state index in [1.165, 1.54) is 12.5 Å². The number of nitrogens with zero attached hydrogens (tertiary/aromatic N) is 3. The molecule has 4 aromatic rings. The number of hydrogen-bond acceptors (Lipinski definition) is 6. The quantitative estimate of drug-likeness (QED) is 0.216. The molecule has 9 nitrogen and oxygen atoms in total. The number of halogens is 1. The maximum atomic E-state index is 13.5. The fourth-order valence-electron chi connectivity index (χ4n) is 4.92. The van der Waals surface area contributed by atoms with Gasteiger partial charge in [-0.1, -0.05) is 54.1 Å². The van der Waals surface area contributed by atoms with Crippen LogP contribution in [0.4, 0.5) is 5.82 Å². The number of rotatable bonds is 10. The molecule has 0 spiro atoms. The highest BCUT2D eigenvalue weighted by Crippen LogP contribution is 2.26. The van der Waals surface area contributed by atoms with Crippen LogP contribution in [0, 0.1) is 0 Å². The molecule has 3 heterocycles. The fraction of sp³-hybridized carbons (Fsp3) is 0.333. The molecule has 0 radical (unpaired) electrons. The Morgan fingerprint density at radius 1 is 1.00 bits per heavy atom. The molecule has 208 valence electrons. The summed E-state index contributed by atoms with van der Waals surface area (Å²) < 4.78 is 0. The van der Waals surface area contributed by atoms with Gasteiger partial charge in [0, 0.05) is 49.7 Å². The first-order valence-corrected chi connectivity index (χ1v) is 14.1. The van der Waals surface area contributed by atoms with Gasteiger partial charge in [-0.3, -0.25) is 9.59 Å². The summed E-state index contributed by atoms with van der Waals surface area (Å²) in [7, 11) is 0. The normalized spacial score (nSPS) is 13.9. The van der Waals surface area contributed by atoms with E-state index in [9.17, 15) is 9.59 Å². The number of piperidine rings is 1. The lowest BCUT2D eigenvalue weighted by Crippen LogP contribution is -2.45. The number of H-pyrrole nitrogens is 1. The Bertz CT molecular complexity index is 1450. The zero-order chi connectivity index (χ0) is 27.9. The van der Waals surface area contributed by atoms with Gasteiger partial charge in [0.15, 0.2) is 5.82 Å². The molecule has 0 atom stereocenters. The number of carbonyl (C=O) groups is 2. The van der Waals surface area contributed by atoms with Gasteiger partial charge in [-0.25, -0.2) is 9.97 Å². The van der Waals surface area contributed by atoms with Gasteiger partial charge in [0.1, 0.15) is 17.2 Å². The summed E-state index contributed by atoms with van der Waals surface area (Å²) in [5.74, 6) is 1.05. The summed E-state index contributed by atoms with van der Waals surface area (Å²) in [6.07, 6.45) is 2.75. The third kappa shape index (κ3) is 6.97. The Kier molecular flexibility index (Phi) is 8.93. The van der Waals surface area contributed by atoms with Crippen molar-refractivity contribution in [3.63, 3.8) is 0 Å². The monoisotopic (exact) mass is 559 g/mol. The van der Waals surface area contributed by atoms with Crippen LogP contribution < -0.4 is 16.0 Å². The molecule has 0 saturated carbocycles. The van der Waals surface area contributed by atoms with Gasteiger partial charge in [0.2, 0.25) is 5.91 Å². The highest BCUT2D eigenvalue weighted by atomic mass is 35.5. The van der Waals surface area contributed by atoms with Gasteiger partial charge in [-0.15, -0.1) is 0 Å². The van der Waals surface area contributed by atoms with Crippen molar-refractivity contribution < 1.29 is 9.59 Å². The van der Waals surface area contributed by atoms with E-state index in [1.807, 2.05) is 53.4 Å². The Labute approximate surface area is 238 Å². The molecule has 4 N–H and O–H groups in total. The minimum Gasteiger partial charge on any atom is -0.368 e. The topological polar surface area (TPSA) is 115 Å². The van der Waals surface area contributed by atoms with E-state index in [0.29, 0.717) is 55.2 Å². The van der Waals surface area contributed by atoms with Crippen molar-refractivity contribution in [2.24, 2.45) is 0 Å². The van der Waals surface area contributed by atoms with Crippen LogP contribution in [0.25, 0.3) is 22.4 Å². The Morgan fingerprint density at radius 3 is 2.48 bits per heavy atom. The molecule has 2 aromatic heterocycles. The van der Waals surface area contributed by atoms with Gasteiger partial charge in [-0.05, 0) is 49.6 Å². The van der Waals surface area contributed by atoms with Crippen molar-refractivity contribution in [1.29, 1.82) is 0 Å². The summed E-state index contributed by atoms with van der Waals surface area (Å²) in [4.78, 5) is 39.3. The molecule has 10 heteroatoms. The van der Waals surface area contributed by atoms with E-state index in [1.54, 1.807) is 0 Å². The van der Waals surface area contributed by atoms with Crippen molar-refractivity contribution in [2.75, 3.05) is 38.0 Å².